The van der Waals surface area contributed by atoms with Gasteiger partial charge < -0.3 is 9.64 Å². The number of likely N-dealkylation sites (N-methyl/N-ethyl adjacent to an activating group) is 1. The average molecular weight is 372 g/mol. The Balaban J connectivity index is 1.45. The minimum absolute atomic E-state index is 0.0825. The van der Waals surface area contributed by atoms with Crippen LogP contribution in [0.3, 0.4) is 0 Å². The third-order valence-electron chi connectivity index (χ3n) is 6.35. The molecule has 2 aliphatic rings. The summed E-state index contributed by atoms with van der Waals surface area (Å²) in [5, 5.41) is 4.23. The van der Waals surface area contributed by atoms with Crippen LogP contribution in [0.25, 0.3) is 5.78 Å². The van der Waals surface area contributed by atoms with Crippen LogP contribution in [0.4, 0.5) is 0 Å². The topological polar surface area (TPSA) is 75.9 Å². The van der Waals surface area contributed by atoms with E-state index in [9.17, 15) is 4.79 Å². The van der Waals surface area contributed by atoms with E-state index in [0.717, 1.165) is 62.6 Å². The Bertz CT molecular complexity index is 842. The number of piperazine rings is 1. The maximum absolute atomic E-state index is 13.0. The van der Waals surface area contributed by atoms with Gasteiger partial charge in [0.15, 0.2) is 0 Å². The van der Waals surface area contributed by atoms with Crippen molar-refractivity contribution in [3.05, 3.63) is 23.3 Å². The van der Waals surface area contributed by atoms with E-state index in [-0.39, 0.29) is 11.4 Å². The molecule has 8 nitrogen and oxygen atoms in total. The van der Waals surface area contributed by atoms with Crippen LogP contribution in [0.5, 0.6) is 0 Å². The zero-order valence-corrected chi connectivity index (χ0v) is 16.4. The van der Waals surface area contributed by atoms with Crippen molar-refractivity contribution < 1.29 is 9.53 Å². The molecule has 0 N–H and O–H groups in total. The molecule has 0 saturated carbocycles. The molecule has 8 heteroatoms. The number of carbonyl (C=O) groups is 1. The van der Waals surface area contributed by atoms with Gasteiger partial charge in [-0.15, -0.1) is 0 Å². The summed E-state index contributed by atoms with van der Waals surface area (Å²) >= 11 is 0. The molecule has 2 fully saturated rings. The first-order valence-electron chi connectivity index (χ1n) is 9.73. The lowest BCUT2D eigenvalue weighted by Crippen LogP contribution is -2.63. The molecule has 27 heavy (non-hydrogen) atoms. The van der Waals surface area contributed by atoms with Crippen LogP contribution >= 0.6 is 0 Å². The Hall–Kier alpha value is -2.06. The molecule has 2 aliphatic heterocycles. The molecular formula is C19H28N6O2. The fraction of sp³-hybridized carbons (Fsp3) is 0.684. The first-order chi connectivity index (χ1) is 13.0. The van der Waals surface area contributed by atoms with Gasteiger partial charge in [-0.1, -0.05) is 0 Å². The molecule has 0 unspecified atom stereocenters. The molecule has 0 aliphatic carbocycles. The van der Waals surface area contributed by atoms with Gasteiger partial charge in [0.05, 0.1) is 0 Å². The Morgan fingerprint density at radius 2 is 2.04 bits per heavy atom. The highest BCUT2D eigenvalue weighted by atomic mass is 16.5. The second-order valence-corrected chi connectivity index (χ2v) is 7.81. The van der Waals surface area contributed by atoms with Crippen LogP contribution in [0.2, 0.25) is 0 Å². The maximum Gasteiger partial charge on any atom is 0.252 e. The van der Waals surface area contributed by atoms with E-state index >= 15 is 0 Å². The van der Waals surface area contributed by atoms with Gasteiger partial charge in [-0.3, -0.25) is 9.69 Å². The van der Waals surface area contributed by atoms with Crippen molar-refractivity contribution >= 4 is 11.7 Å². The number of ether oxygens (including phenoxy) is 1. The zero-order valence-electron chi connectivity index (χ0n) is 16.4. The number of hydrogen-bond donors (Lipinski definition) is 0. The van der Waals surface area contributed by atoms with E-state index in [2.05, 4.69) is 31.9 Å². The number of amides is 1. The lowest BCUT2D eigenvalue weighted by molar-refractivity contribution is -0.139. The minimum atomic E-state index is 0.0825. The molecular weight excluding hydrogens is 344 g/mol. The zero-order chi connectivity index (χ0) is 19.0. The van der Waals surface area contributed by atoms with Crippen molar-refractivity contribution in [2.45, 2.75) is 45.1 Å². The summed E-state index contributed by atoms with van der Waals surface area (Å²) in [4.78, 5) is 26.1. The van der Waals surface area contributed by atoms with Gasteiger partial charge in [0, 0.05) is 56.2 Å². The number of nitrogens with zero attached hydrogens (tertiary/aromatic N) is 6. The largest absolute Gasteiger partial charge is 0.381 e. The van der Waals surface area contributed by atoms with Gasteiger partial charge in [0.1, 0.15) is 6.33 Å². The highest BCUT2D eigenvalue weighted by molar-refractivity contribution is 5.76. The second-order valence-electron chi connectivity index (χ2n) is 7.81. The third-order valence-corrected chi connectivity index (χ3v) is 6.35. The van der Waals surface area contributed by atoms with E-state index in [0.29, 0.717) is 18.6 Å². The SMILES string of the molecule is Cc1nc2ncnn2c(C)c1CCC(=O)N1CCN(C)C2(CCOCC2)C1. The molecule has 2 aromatic rings. The standard InChI is InChI=1S/C19H28N6O2/c1-14-16(15(2)25-18(22-14)20-13-21-25)4-5-17(26)24-9-8-23(3)19(12-24)6-10-27-11-7-19/h13H,4-12H2,1-3H3. The summed E-state index contributed by atoms with van der Waals surface area (Å²) in [5.74, 6) is 0.840. The van der Waals surface area contributed by atoms with E-state index in [1.165, 1.54) is 6.33 Å². The molecule has 0 atom stereocenters. The van der Waals surface area contributed by atoms with Gasteiger partial charge in [0.25, 0.3) is 5.78 Å². The smallest absolute Gasteiger partial charge is 0.252 e. The monoisotopic (exact) mass is 372 g/mol. The van der Waals surface area contributed by atoms with Crippen LogP contribution in [-0.2, 0) is 16.0 Å². The molecule has 1 amide bonds. The predicted octanol–water partition coefficient (Wildman–Crippen LogP) is 0.997. The van der Waals surface area contributed by atoms with Crippen LogP contribution in [0.15, 0.2) is 6.33 Å². The van der Waals surface area contributed by atoms with E-state index < -0.39 is 0 Å². The van der Waals surface area contributed by atoms with Crippen LogP contribution in [0.1, 0.15) is 36.2 Å². The quantitative estimate of drug-likeness (QED) is 0.800. The molecule has 146 valence electrons. The van der Waals surface area contributed by atoms with Crippen LogP contribution in [-0.4, -0.2) is 80.7 Å². The predicted molar refractivity (Wildman–Crippen MR) is 101 cm³/mol. The number of carbonyl (C=O) groups excluding carboxylic acids is 1. The molecule has 0 aromatic carbocycles. The summed E-state index contributed by atoms with van der Waals surface area (Å²) in [6.45, 7) is 8.11. The molecule has 0 radical (unpaired) electrons. The molecule has 4 rings (SSSR count). The molecule has 0 bridgehead atoms. The van der Waals surface area contributed by atoms with Gasteiger partial charge in [-0.05, 0) is 45.7 Å². The van der Waals surface area contributed by atoms with Crippen molar-refractivity contribution in [1.29, 1.82) is 0 Å². The first kappa shape index (κ1) is 18.3. The molecule has 1 spiro atoms. The maximum atomic E-state index is 13.0. The lowest BCUT2D eigenvalue weighted by Gasteiger charge is -2.51. The second kappa shape index (κ2) is 7.16. The van der Waals surface area contributed by atoms with Gasteiger partial charge in [0.2, 0.25) is 5.91 Å². The first-order valence-corrected chi connectivity index (χ1v) is 9.73. The number of fused-ring (bicyclic) bond motifs is 1. The Labute approximate surface area is 159 Å². The molecule has 2 saturated heterocycles. The highest BCUT2D eigenvalue weighted by Gasteiger charge is 2.42. The highest BCUT2D eigenvalue weighted by Crippen LogP contribution is 2.31. The van der Waals surface area contributed by atoms with E-state index in [1.54, 1.807) is 4.52 Å². The van der Waals surface area contributed by atoms with Crippen molar-refractivity contribution in [2.75, 3.05) is 39.9 Å². The number of aromatic nitrogens is 4. The van der Waals surface area contributed by atoms with E-state index in [4.69, 9.17) is 4.74 Å². The van der Waals surface area contributed by atoms with Gasteiger partial charge in [-0.25, -0.2) is 9.50 Å². The van der Waals surface area contributed by atoms with Crippen molar-refractivity contribution in [3.63, 3.8) is 0 Å². The summed E-state index contributed by atoms with van der Waals surface area (Å²) in [6.07, 6.45) is 4.69. The van der Waals surface area contributed by atoms with Gasteiger partial charge in [-0.2, -0.15) is 10.1 Å². The number of aryl methyl sites for hydroxylation is 2. The van der Waals surface area contributed by atoms with Gasteiger partial charge >= 0.3 is 0 Å². The third kappa shape index (κ3) is 3.32. The number of rotatable bonds is 3. The van der Waals surface area contributed by atoms with Crippen LogP contribution in [0, 0.1) is 13.8 Å². The molecule has 4 heterocycles. The average Bonchev–Trinajstić information content (AvgIpc) is 3.13. The summed E-state index contributed by atoms with van der Waals surface area (Å²) < 4.78 is 7.30. The Morgan fingerprint density at radius 1 is 1.26 bits per heavy atom. The fourth-order valence-corrected chi connectivity index (χ4v) is 4.47. The van der Waals surface area contributed by atoms with Crippen LogP contribution < -0.4 is 0 Å². The Morgan fingerprint density at radius 3 is 2.81 bits per heavy atom. The lowest BCUT2D eigenvalue weighted by atomic mass is 9.86. The Kier molecular flexibility index (Phi) is 4.86. The summed E-state index contributed by atoms with van der Waals surface area (Å²) in [7, 11) is 2.18. The molecule has 2 aromatic heterocycles. The van der Waals surface area contributed by atoms with Crippen molar-refractivity contribution in [1.82, 2.24) is 29.4 Å². The van der Waals surface area contributed by atoms with Crippen molar-refractivity contribution in [2.24, 2.45) is 0 Å². The fourth-order valence-electron chi connectivity index (χ4n) is 4.47. The summed E-state index contributed by atoms with van der Waals surface area (Å²) in [5.41, 5.74) is 3.12. The summed E-state index contributed by atoms with van der Waals surface area (Å²) in [6, 6.07) is 0. The van der Waals surface area contributed by atoms with Crippen molar-refractivity contribution in [3.8, 4) is 0 Å². The minimum Gasteiger partial charge on any atom is -0.381 e. The number of hydrogen-bond acceptors (Lipinski definition) is 6. The normalized spacial score (nSPS) is 20.5. The van der Waals surface area contributed by atoms with E-state index in [1.807, 2.05) is 13.8 Å².